The van der Waals surface area contributed by atoms with Gasteiger partial charge in [-0.15, -0.1) is 6.42 Å². The number of rotatable bonds is 46. The third-order valence-corrected chi connectivity index (χ3v) is 11.4. The molecule has 0 aliphatic heterocycles. The number of carbonyl (C=O) groups excluding carboxylic acids is 3. The number of phosphoric ester groups is 1. The Balaban J connectivity index is 0. The smallest absolute Gasteiger partial charge is 0.462 e. The van der Waals surface area contributed by atoms with Crippen LogP contribution in [-0.4, -0.2) is 75.2 Å². The SMILES string of the molecule is C#CCOCCOC(=O)NCCOP(=O)(O)OC[C@@H](COC(=O)CCCCCCCCCCCCCCCCC)OC(=O)CCCCCCCCCCCCCCCCC.N. The van der Waals surface area contributed by atoms with E-state index in [1.165, 1.54) is 141 Å². The summed E-state index contributed by atoms with van der Waals surface area (Å²) in [6.45, 7) is 3.42. The van der Waals surface area contributed by atoms with Crippen molar-refractivity contribution in [2.75, 3.05) is 46.2 Å². The lowest BCUT2D eigenvalue weighted by Gasteiger charge is -2.20. The molecule has 0 aromatic rings. The van der Waals surface area contributed by atoms with Gasteiger partial charge in [-0.3, -0.25) is 18.6 Å². The molecule has 13 nitrogen and oxygen atoms in total. The molecule has 0 fully saturated rings. The van der Waals surface area contributed by atoms with Crippen LogP contribution in [0.4, 0.5) is 4.79 Å². The second-order valence-corrected chi connectivity index (χ2v) is 17.6. The second kappa shape index (κ2) is 47.3. The first kappa shape index (κ1) is 60.9. The summed E-state index contributed by atoms with van der Waals surface area (Å²) in [5.74, 6) is 1.39. The van der Waals surface area contributed by atoms with Gasteiger partial charge in [-0.25, -0.2) is 9.36 Å². The van der Waals surface area contributed by atoms with Gasteiger partial charge in [-0.05, 0) is 12.8 Å². The fourth-order valence-electron chi connectivity index (χ4n) is 6.80. The van der Waals surface area contributed by atoms with E-state index < -0.39 is 38.6 Å². The highest BCUT2D eigenvalue weighted by Crippen LogP contribution is 2.43. The molecule has 360 valence electrons. The number of terminal acetylenes is 1. The van der Waals surface area contributed by atoms with Crippen LogP contribution in [0.3, 0.4) is 0 Å². The van der Waals surface area contributed by atoms with E-state index in [4.69, 9.17) is 34.4 Å². The van der Waals surface area contributed by atoms with E-state index in [-0.39, 0.29) is 58.6 Å². The Hall–Kier alpha value is -2.20. The number of carbonyl (C=O) groups is 3. The molecule has 61 heavy (non-hydrogen) atoms. The lowest BCUT2D eigenvalue weighted by molar-refractivity contribution is -0.161. The minimum absolute atomic E-state index is 0. The maximum absolute atomic E-state index is 12.7. The number of alkyl carbamates (subject to hydrolysis) is 1. The number of ether oxygens (including phenoxy) is 4. The van der Waals surface area contributed by atoms with E-state index in [0.29, 0.717) is 12.8 Å². The van der Waals surface area contributed by atoms with Crippen molar-refractivity contribution in [1.29, 1.82) is 0 Å². The highest BCUT2D eigenvalue weighted by molar-refractivity contribution is 7.47. The molecule has 0 aromatic carbocycles. The van der Waals surface area contributed by atoms with Crippen molar-refractivity contribution in [3.63, 3.8) is 0 Å². The first-order chi connectivity index (χ1) is 29.2. The fraction of sp³-hybridized carbons (Fsp3) is 0.894. The van der Waals surface area contributed by atoms with Crippen molar-refractivity contribution < 1.29 is 51.8 Å². The first-order valence-corrected chi connectivity index (χ1v) is 25.6. The Kier molecular flexibility index (Phi) is 47.2. The summed E-state index contributed by atoms with van der Waals surface area (Å²) in [5.41, 5.74) is 0. The molecular formula is C47H91N2O11P. The second-order valence-electron chi connectivity index (χ2n) is 16.1. The number of unbranched alkanes of at least 4 members (excludes halogenated alkanes) is 28. The summed E-state index contributed by atoms with van der Waals surface area (Å²) in [6, 6.07) is 0. The maximum atomic E-state index is 12.7. The van der Waals surface area contributed by atoms with Crippen molar-refractivity contribution in [2.45, 2.75) is 225 Å². The molecular weight excluding hydrogens is 799 g/mol. The van der Waals surface area contributed by atoms with E-state index in [2.05, 4.69) is 25.1 Å². The first-order valence-electron chi connectivity index (χ1n) is 24.1. The van der Waals surface area contributed by atoms with Crippen LogP contribution in [0.15, 0.2) is 0 Å². The van der Waals surface area contributed by atoms with Crippen molar-refractivity contribution in [3.05, 3.63) is 0 Å². The van der Waals surface area contributed by atoms with Gasteiger partial charge in [0.1, 0.15) is 19.8 Å². The Bertz CT molecular complexity index is 1090. The average Bonchev–Trinajstić information content (AvgIpc) is 3.23. The summed E-state index contributed by atoms with van der Waals surface area (Å²) in [7, 11) is -4.59. The Morgan fingerprint density at radius 1 is 0.557 bits per heavy atom. The van der Waals surface area contributed by atoms with Gasteiger partial charge in [-0.2, -0.15) is 0 Å². The largest absolute Gasteiger partial charge is 0.472 e. The Labute approximate surface area is 372 Å². The molecule has 0 rings (SSSR count). The fourth-order valence-corrected chi connectivity index (χ4v) is 7.56. The number of nitrogens with one attached hydrogen (secondary N) is 1. The molecule has 0 saturated heterocycles. The minimum Gasteiger partial charge on any atom is -0.462 e. The van der Waals surface area contributed by atoms with Crippen LogP contribution in [0.1, 0.15) is 219 Å². The highest BCUT2D eigenvalue weighted by atomic mass is 31.2. The number of hydrogen-bond donors (Lipinski definition) is 3. The van der Waals surface area contributed by atoms with Crippen molar-refractivity contribution >= 4 is 25.9 Å². The van der Waals surface area contributed by atoms with Gasteiger partial charge in [0.05, 0.1) is 19.8 Å². The molecule has 0 bridgehead atoms. The quantitative estimate of drug-likeness (QED) is 0.0173. The van der Waals surface area contributed by atoms with E-state index in [1.54, 1.807) is 0 Å². The molecule has 0 spiro atoms. The van der Waals surface area contributed by atoms with Crippen LogP contribution >= 0.6 is 7.82 Å². The van der Waals surface area contributed by atoms with Crippen LogP contribution in [0, 0.1) is 12.3 Å². The van der Waals surface area contributed by atoms with Gasteiger partial charge in [0, 0.05) is 19.4 Å². The van der Waals surface area contributed by atoms with E-state index in [0.717, 1.165) is 38.5 Å². The zero-order valence-corrected chi connectivity index (χ0v) is 39.8. The number of hydrogen-bond acceptors (Lipinski definition) is 11. The van der Waals surface area contributed by atoms with E-state index >= 15 is 0 Å². The molecule has 0 aliphatic rings. The van der Waals surface area contributed by atoms with Crippen molar-refractivity contribution in [1.82, 2.24) is 11.5 Å². The summed E-state index contributed by atoms with van der Waals surface area (Å²) in [6.07, 6.45) is 40.4. The third kappa shape index (κ3) is 47.1. The van der Waals surface area contributed by atoms with E-state index in [1.807, 2.05) is 0 Å². The summed E-state index contributed by atoms with van der Waals surface area (Å²) < 4.78 is 43.4. The number of amides is 1. The van der Waals surface area contributed by atoms with Gasteiger partial charge in [0.2, 0.25) is 0 Å². The number of esters is 2. The molecule has 2 atom stereocenters. The lowest BCUT2D eigenvalue weighted by Crippen LogP contribution is -2.30. The zero-order chi connectivity index (χ0) is 44.0. The molecule has 0 heterocycles. The molecule has 1 unspecified atom stereocenters. The van der Waals surface area contributed by atoms with Crippen LogP contribution in [0.25, 0.3) is 0 Å². The third-order valence-electron chi connectivity index (χ3n) is 10.4. The summed E-state index contributed by atoms with van der Waals surface area (Å²) in [4.78, 5) is 47.2. The topological polar surface area (TPSA) is 191 Å². The van der Waals surface area contributed by atoms with Gasteiger partial charge in [0.15, 0.2) is 6.10 Å². The summed E-state index contributed by atoms with van der Waals surface area (Å²) >= 11 is 0. The van der Waals surface area contributed by atoms with Gasteiger partial charge < -0.3 is 35.3 Å². The van der Waals surface area contributed by atoms with Crippen molar-refractivity contribution in [3.8, 4) is 12.3 Å². The number of phosphoric acid groups is 1. The standard InChI is InChI=1S/C47H88NO11P.H3N/c1-4-7-9-11-13-15-17-19-21-23-25-27-29-31-33-35-45(49)56-42-44(43-58-60(52,53)57-39-37-48-47(51)55-41-40-54-38-6-3)59-46(50)36-34-32-30-28-26-24-22-20-18-16-14-12-10-8-5-2;/h3,44H,4-5,7-43H2,1-2H3,(H,48,51)(H,52,53);1H3/t44-;/m1./s1. The molecule has 0 saturated carbocycles. The maximum Gasteiger partial charge on any atom is 0.472 e. The van der Waals surface area contributed by atoms with E-state index in [9.17, 15) is 23.8 Å². The van der Waals surface area contributed by atoms with Gasteiger partial charge >= 0.3 is 25.9 Å². The molecule has 14 heteroatoms. The van der Waals surface area contributed by atoms with Crippen LogP contribution < -0.4 is 11.5 Å². The predicted molar refractivity (Wildman–Crippen MR) is 246 cm³/mol. The average molecular weight is 891 g/mol. The predicted octanol–water partition coefficient (Wildman–Crippen LogP) is 12.6. The Morgan fingerprint density at radius 3 is 1.39 bits per heavy atom. The zero-order valence-electron chi connectivity index (χ0n) is 38.9. The van der Waals surface area contributed by atoms with Crippen LogP contribution in [-0.2, 0) is 42.1 Å². The monoisotopic (exact) mass is 891 g/mol. The molecule has 5 N–H and O–H groups in total. The van der Waals surface area contributed by atoms with Gasteiger partial charge in [0.25, 0.3) is 0 Å². The van der Waals surface area contributed by atoms with Crippen LogP contribution in [0.2, 0.25) is 0 Å². The minimum atomic E-state index is -4.59. The van der Waals surface area contributed by atoms with Gasteiger partial charge in [-0.1, -0.05) is 200 Å². The Morgan fingerprint density at radius 2 is 0.967 bits per heavy atom. The molecule has 0 aromatic heterocycles. The van der Waals surface area contributed by atoms with Crippen LogP contribution in [0.5, 0.6) is 0 Å². The highest BCUT2D eigenvalue weighted by Gasteiger charge is 2.26. The molecule has 1 amide bonds. The molecule has 0 aliphatic carbocycles. The summed E-state index contributed by atoms with van der Waals surface area (Å²) in [5, 5.41) is 2.37. The lowest BCUT2D eigenvalue weighted by atomic mass is 10.0. The normalized spacial score (nSPS) is 12.5. The molecule has 0 radical (unpaired) electrons. The van der Waals surface area contributed by atoms with Crippen molar-refractivity contribution in [2.24, 2.45) is 0 Å².